The van der Waals surface area contributed by atoms with Gasteiger partial charge in [0.25, 0.3) is 0 Å². The summed E-state index contributed by atoms with van der Waals surface area (Å²) in [7, 11) is 1.28. The van der Waals surface area contributed by atoms with Gasteiger partial charge in [0, 0.05) is 7.05 Å². The van der Waals surface area contributed by atoms with Crippen molar-refractivity contribution in [1.82, 2.24) is 19.5 Å². The van der Waals surface area contributed by atoms with Crippen molar-refractivity contribution in [1.29, 1.82) is 0 Å². The van der Waals surface area contributed by atoms with E-state index in [1.54, 1.807) is 18.2 Å². The number of nitrogens with one attached hydrogen (secondary N) is 1. The van der Waals surface area contributed by atoms with E-state index < -0.39 is 17.8 Å². The first-order chi connectivity index (χ1) is 13.8. The van der Waals surface area contributed by atoms with Gasteiger partial charge >= 0.3 is 6.18 Å². The molecule has 154 valence electrons. The van der Waals surface area contributed by atoms with Gasteiger partial charge in [0.15, 0.2) is 17.1 Å². The molecule has 0 atom stereocenters. The summed E-state index contributed by atoms with van der Waals surface area (Å²) in [6.07, 6.45) is 1.49. The number of aromatic nitrogens is 4. The van der Waals surface area contributed by atoms with Gasteiger partial charge in [0.05, 0.1) is 11.4 Å². The Kier molecular flexibility index (Phi) is 5.14. The fourth-order valence-corrected chi connectivity index (χ4v) is 3.88. The molecule has 1 saturated carbocycles. The average molecular weight is 407 g/mol. The molecule has 0 radical (unpaired) electrons. The van der Waals surface area contributed by atoms with Crippen LogP contribution in [0.1, 0.15) is 43.6 Å². The summed E-state index contributed by atoms with van der Waals surface area (Å²) >= 11 is 0. The quantitative estimate of drug-likeness (QED) is 0.590. The van der Waals surface area contributed by atoms with Gasteiger partial charge in [-0.25, -0.2) is 19.3 Å². The van der Waals surface area contributed by atoms with E-state index >= 15 is 0 Å². The molecule has 1 aliphatic carbocycles. The molecule has 0 aliphatic heterocycles. The molecular formula is C20H21F4N5. The van der Waals surface area contributed by atoms with Crippen LogP contribution in [-0.2, 0) is 19.6 Å². The second-order valence-electron chi connectivity index (χ2n) is 7.47. The number of hydrogen-bond acceptors (Lipinski definition) is 4. The highest BCUT2D eigenvalue weighted by molar-refractivity contribution is 5.72. The van der Waals surface area contributed by atoms with Crippen molar-refractivity contribution < 1.29 is 17.6 Å². The lowest BCUT2D eigenvalue weighted by molar-refractivity contribution is -0.146. The molecular weight excluding hydrogens is 386 g/mol. The van der Waals surface area contributed by atoms with Crippen molar-refractivity contribution in [2.75, 3.05) is 5.32 Å². The molecule has 2 heterocycles. The van der Waals surface area contributed by atoms with Gasteiger partial charge in [-0.3, -0.25) is 0 Å². The summed E-state index contributed by atoms with van der Waals surface area (Å²) in [6, 6.07) is 6.08. The van der Waals surface area contributed by atoms with Crippen LogP contribution in [0.3, 0.4) is 0 Å². The first-order valence-corrected chi connectivity index (χ1v) is 9.65. The molecule has 2 aromatic heterocycles. The van der Waals surface area contributed by atoms with E-state index in [1.165, 1.54) is 19.5 Å². The van der Waals surface area contributed by atoms with Crippen molar-refractivity contribution in [3.8, 4) is 0 Å². The highest BCUT2D eigenvalue weighted by Crippen LogP contribution is 2.33. The van der Waals surface area contributed by atoms with E-state index in [0.29, 0.717) is 18.0 Å². The zero-order valence-electron chi connectivity index (χ0n) is 15.9. The fourth-order valence-electron chi connectivity index (χ4n) is 3.88. The maximum atomic E-state index is 14.1. The Hall–Kier alpha value is -2.71. The summed E-state index contributed by atoms with van der Waals surface area (Å²) in [4.78, 5) is 12.4. The predicted molar refractivity (Wildman–Crippen MR) is 101 cm³/mol. The molecule has 5 nitrogen and oxygen atoms in total. The van der Waals surface area contributed by atoms with Gasteiger partial charge in [0.2, 0.25) is 5.82 Å². The van der Waals surface area contributed by atoms with Gasteiger partial charge in [-0.2, -0.15) is 13.2 Å². The number of halogens is 4. The van der Waals surface area contributed by atoms with Crippen molar-refractivity contribution in [2.45, 2.75) is 44.7 Å². The summed E-state index contributed by atoms with van der Waals surface area (Å²) in [5.41, 5.74) is 0.677. The van der Waals surface area contributed by atoms with E-state index in [4.69, 9.17) is 0 Å². The minimum Gasteiger partial charge on any atom is -0.336 e. The standard InChI is InChI=1S/C20H21F4N5/c1-29-18-17(28-19(29)20(22,23)24)27-16(25-14-10-6-5-9-13(14)21)15(26-18)11-12-7-3-2-4-8-12/h5-6,9-10,12H,2-4,7-8,11H2,1H3,(H,25,27). The van der Waals surface area contributed by atoms with Crippen molar-refractivity contribution in [3.63, 3.8) is 0 Å². The molecule has 0 amide bonds. The monoisotopic (exact) mass is 407 g/mol. The lowest BCUT2D eigenvalue weighted by Gasteiger charge is -2.22. The smallest absolute Gasteiger partial charge is 0.336 e. The minimum absolute atomic E-state index is 0.0715. The summed E-state index contributed by atoms with van der Waals surface area (Å²) in [5.74, 6) is -0.902. The third kappa shape index (κ3) is 4.04. The molecule has 3 aromatic rings. The number of benzene rings is 1. The Morgan fingerprint density at radius 2 is 1.79 bits per heavy atom. The third-order valence-electron chi connectivity index (χ3n) is 5.37. The maximum Gasteiger partial charge on any atom is 0.449 e. The van der Waals surface area contributed by atoms with Gasteiger partial charge in [0.1, 0.15) is 5.82 Å². The Bertz CT molecular complexity index is 1020. The molecule has 0 saturated heterocycles. The maximum absolute atomic E-state index is 14.1. The molecule has 0 spiro atoms. The van der Waals surface area contributed by atoms with Gasteiger partial charge in [-0.1, -0.05) is 44.2 Å². The van der Waals surface area contributed by atoms with Gasteiger partial charge in [-0.15, -0.1) is 0 Å². The SMILES string of the molecule is Cn1c(C(F)(F)F)nc2nc(Nc3ccccc3F)c(CC3CCCCC3)nc21. The lowest BCUT2D eigenvalue weighted by Crippen LogP contribution is -2.14. The van der Waals surface area contributed by atoms with Crippen molar-refractivity contribution >= 4 is 22.8 Å². The number of imidazole rings is 1. The number of para-hydroxylation sites is 1. The van der Waals surface area contributed by atoms with Crippen LogP contribution >= 0.6 is 0 Å². The minimum atomic E-state index is -4.61. The molecule has 0 bridgehead atoms. The van der Waals surface area contributed by atoms with Crippen LogP contribution in [-0.4, -0.2) is 19.5 Å². The van der Waals surface area contributed by atoms with E-state index in [-0.39, 0.29) is 22.8 Å². The first kappa shape index (κ1) is 19.6. The van der Waals surface area contributed by atoms with E-state index in [0.717, 1.165) is 30.3 Å². The molecule has 0 unspecified atom stereocenters. The first-order valence-electron chi connectivity index (χ1n) is 9.65. The Morgan fingerprint density at radius 1 is 1.07 bits per heavy atom. The number of alkyl halides is 3. The van der Waals surface area contributed by atoms with Crippen LogP contribution in [0.2, 0.25) is 0 Å². The van der Waals surface area contributed by atoms with Gasteiger partial charge < -0.3 is 9.88 Å². The van der Waals surface area contributed by atoms with Crippen LogP contribution in [0, 0.1) is 11.7 Å². The largest absolute Gasteiger partial charge is 0.449 e. The van der Waals surface area contributed by atoms with Crippen molar-refractivity contribution in [3.05, 3.63) is 41.6 Å². The molecule has 1 aromatic carbocycles. The topological polar surface area (TPSA) is 55.6 Å². The van der Waals surface area contributed by atoms with E-state index in [1.807, 2.05) is 0 Å². The Morgan fingerprint density at radius 3 is 2.48 bits per heavy atom. The van der Waals surface area contributed by atoms with Crippen LogP contribution < -0.4 is 5.32 Å². The molecule has 4 rings (SSSR count). The number of anilines is 2. The average Bonchev–Trinajstić information content (AvgIpc) is 3.01. The van der Waals surface area contributed by atoms with Crippen LogP contribution in [0.5, 0.6) is 0 Å². The Labute approximate surface area is 165 Å². The third-order valence-corrected chi connectivity index (χ3v) is 5.37. The van der Waals surface area contributed by atoms with Crippen LogP contribution in [0.25, 0.3) is 11.3 Å². The van der Waals surface area contributed by atoms with Crippen LogP contribution in [0.15, 0.2) is 24.3 Å². The molecule has 1 aliphatic rings. The predicted octanol–water partition coefficient (Wildman–Crippen LogP) is 5.39. The zero-order valence-corrected chi connectivity index (χ0v) is 15.9. The summed E-state index contributed by atoms with van der Waals surface area (Å²) in [6.45, 7) is 0. The molecule has 1 fully saturated rings. The van der Waals surface area contributed by atoms with Crippen LogP contribution in [0.4, 0.5) is 29.1 Å². The zero-order chi connectivity index (χ0) is 20.6. The number of nitrogens with zero attached hydrogens (tertiary/aromatic N) is 4. The highest BCUT2D eigenvalue weighted by Gasteiger charge is 2.37. The summed E-state index contributed by atoms with van der Waals surface area (Å²) < 4.78 is 54.8. The lowest BCUT2D eigenvalue weighted by atomic mass is 9.86. The highest BCUT2D eigenvalue weighted by atomic mass is 19.4. The fraction of sp³-hybridized carbons (Fsp3) is 0.450. The Balaban J connectivity index is 1.79. The normalized spacial score (nSPS) is 15.8. The number of fused-ring (bicyclic) bond motifs is 1. The van der Waals surface area contributed by atoms with Crippen molar-refractivity contribution in [2.24, 2.45) is 13.0 Å². The number of rotatable bonds is 4. The van der Waals surface area contributed by atoms with E-state index in [9.17, 15) is 17.6 Å². The number of aryl methyl sites for hydroxylation is 1. The second-order valence-corrected chi connectivity index (χ2v) is 7.47. The number of hydrogen-bond donors (Lipinski definition) is 1. The second kappa shape index (κ2) is 7.61. The van der Waals surface area contributed by atoms with E-state index in [2.05, 4.69) is 20.3 Å². The molecule has 9 heteroatoms. The van der Waals surface area contributed by atoms with Gasteiger partial charge in [-0.05, 0) is 24.5 Å². The molecule has 29 heavy (non-hydrogen) atoms. The molecule has 1 N–H and O–H groups in total. The summed E-state index contributed by atoms with van der Waals surface area (Å²) in [5, 5.41) is 2.91.